The van der Waals surface area contributed by atoms with Crippen LogP contribution in [0.2, 0.25) is 0 Å². The number of hydrogen-bond acceptors (Lipinski definition) is 6. The third-order valence-corrected chi connectivity index (χ3v) is 5.33. The first-order valence-electron chi connectivity index (χ1n) is 8.61. The zero-order chi connectivity index (χ0) is 20.2. The number of rotatable bonds is 2. The molecule has 140 valence electrons. The number of esters is 2. The maximum absolute atomic E-state index is 13.4. The lowest BCUT2D eigenvalue weighted by molar-refractivity contribution is -0.159. The lowest BCUT2D eigenvalue weighted by Gasteiger charge is -2.29. The highest BCUT2D eigenvalue weighted by Crippen LogP contribution is 2.52. The van der Waals surface area contributed by atoms with E-state index in [0.717, 1.165) is 19.8 Å². The summed E-state index contributed by atoms with van der Waals surface area (Å²) in [7, 11) is 2.26. The van der Waals surface area contributed by atoms with E-state index in [1.165, 1.54) is 6.07 Å². The Hall–Kier alpha value is -3.54. The van der Waals surface area contributed by atoms with Gasteiger partial charge < -0.3 is 9.47 Å². The Morgan fingerprint density at radius 2 is 1.39 bits per heavy atom. The molecule has 0 heterocycles. The van der Waals surface area contributed by atoms with Crippen molar-refractivity contribution in [3.8, 4) is 0 Å². The number of carbonyl (C=O) groups is 4. The smallest absolute Gasteiger partial charge is 0.332 e. The van der Waals surface area contributed by atoms with E-state index in [4.69, 9.17) is 9.47 Å². The second kappa shape index (κ2) is 5.99. The van der Waals surface area contributed by atoms with E-state index in [-0.39, 0.29) is 27.8 Å². The lowest BCUT2D eigenvalue weighted by atomic mass is 9.72. The van der Waals surface area contributed by atoms with Crippen molar-refractivity contribution in [2.24, 2.45) is 0 Å². The number of carbonyl (C=O) groups excluding carboxylic acids is 4. The summed E-state index contributed by atoms with van der Waals surface area (Å²) in [6.45, 7) is 1.79. The molecule has 0 unspecified atom stereocenters. The molecule has 0 radical (unpaired) electrons. The fourth-order valence-electron chi connectivity index (χ4n) is 4.12. The van der Waals surface area contributed by atoms with E-state index in [1.54, 1.807) is 43.3 Å². The average molecular weight is 376 g/mol. The molecule has 0 atom stereocenters. The van der Waals surface area contributed by atoms with Crippen LogP contribution in [0.4, 0.5) is 0 Å². The highest BCUT2D eigenvalue weighted by Gasteiger charge is 2.63. The largest absolute Gasteiger partial charge is 0.468 e. The van der Waals surface area contributed by atoms with E-state index in [0.29, 0.717) is 5.56 Å². The molecule has 4 rings (SSSR count). The molecule has 0 amide bonds. The molecule has 0 saturated heterocycles. The van der Waals surface area contributed by atoms with Crippen molar-refractivity contribution < 1.29 is 28.7 Å². The zero-order valence-corrected chi connectivity index (χ0v) is 15.5. The molecular formula is C22H16O6. The van der Waals surface area contributed by atoms with Crippen molar-refractivity contribution in [1.29, 1.82) is 0 Å². The SMILES string of the molecule is COC(=O)C1(C(=O)OC)C2=C(C(=O)c3ccccc3C2=O)c2ccc(C)cc21. The molecule has 0 spiro atoms. The summed E-state index contributed by atoms with van der Waals surface area (Å²) in [6, 6.07) is 11.4. The molecule has 2 aliphatic carbocycles. The molecule has 6 nitrogen and oxygen atoms in total. The molecule has 28 heavy (non-hydrogen) atoms. The highest BCUT2D eigenvalue weighted by atomic mass is 16.5. The van der Waals surface area contributed by atoms with Gasteiger partial charge in [-0.2, -0.15) is 0 Å². The molecule has 0 aromatic heterocycles. The normalized spacial score (nSPS) is 16.2. The minimum atomic E-state index is -2.14. The monoisotopic (exact) mass is 376 g/mol. The molecule has 2 aromatic rings. The topological polar surface area (TPSA) is 86.7 Å². The van der Waals surface area contributed by atoms with Gasteiger partial charge in [0.05, 0.1) is 14.2 Å². The predicted octanol–water partition coefficient (Wildman–Crippen LogP) is 2.43. The molecule has 2 aliphatic rings. The quantitative estimate of drug-likeness (QED) is 0.591. The predicted molar refractivity (Wildman–Crippen MR) is 98.9 cm³/mol. The number of allylic oxidation sites excluding steroid dienone is 1. The second-order valence-corrected chi connectivity index (χ2v) is 6.74. The summed E-state index contributed by atoms with van der Waals surface area (Å²) in [5.41, 5.74) is -0.551. The molecule has 0 bridgehead atoms. The van der Waals surface area contributed by atoms with E-state index >= 15 is 0 Å². The van der Waals surface area contributed by atoms with Crippen molar-refractivity contribution in [3.05, 3.63) is 75.9 Å². The van der Waals surface area contributed by atoms with Gasteiger partial charge in [-0.15, -0.1) is 0 Å². The summed E-state index contributed by atoms with van der Waals surface area (Å²) >= 11 is 0. The summed E-state index contributed by atoms with van der Waals surface area (Å²) in [5, 5.41) is 0. The third kappa shape index (κ3) is 1.97. The molecular weight excluding hydrogens is 360 g/mol. The van der Waals surface area contributed by atoms with Crippen LogP contribution in [0, 0.1) is 6.92 Å². The van der Waals surface area contributed by atoms with Crippen LogP contribution in [0.3, 0.4) is 0 Å². The van der Waals surface area contributed by atoms with E-state index in [1.807, 2.05) is 0 Å². The number of fused-ring (bicyclic) bond motifs is 3. The molecule has 6 heteroatoms. The number of Topliss-reactive ketones (excluding diaryl/α,β-unsaturated/α-hetero) is 2. The van der Waals surface area contributed by atoms with Gasteiger partial charge in [0.25, 0.3) is 0 Å². The Balaban J connectivity index is 2.17. The standard InChI is InChI=1S/C22H16O6/c1-11-8-9-14-15(10-11)22(20(25)27-2,21(26)28-3)17-16(14)18(23)12-6-4-5-7-13(12)19(17)24/h4-10H,1-3H3. The van der Waals surface area contributed by atoms with Crippen molar-refractivity contribution in [1.82, 2.24) is 0 Å². The van der Waals surface area contributed by atoms with Crippen LogP contribution < -0.4 is 0 Å². The molecule has 0 saturated carbocycles. The lowest BCUT2D eigenvalue weighted by Crippen LogP contribution is -2.48. The number of hydrogen-bond donors (Lipinski definition) is 0. The first kappa shape index (κ1) is 17.9. The Kier molecular flexibility index (Phi) is 3.82. The van der Waals surface area contributed by atoms with Crippen LogP contribution >= 0.6 is 0 Å². The minimum Gasteiger partial charge on any atom is -0.468 e. The molecule has 0 fully saturated rings. The first-order chi connectivity index (χ1) is 13.4. The summed E-state index contributed by atoms with van der Waals surface area (Å²) in [4.78, 5) is 52.7. The fourth-order valence-corrected chi connectivity index (χ4v) is 4.12. The van der Waals surface area contributed by atoms with Crippen LogP contribution in [0.25, 0.3) is 5.57 Å². The Morgan fingerprint density at radius 3 is 1.96 bits per heavy atom. The van der Waals surface area contributed by atoms with Gasteiger partial charge in [0.1, 0.15) is 0 Å². The van der Waals surface area contributed by atoms with Crippen molar-refractivity contribution >= 4 is 29.1 Å². The second-order valence-electron chi connectivity index (χ2n) is 6.74. The van der Waals surface area contributed by atoms with Gasteiger partial charge in [0.15, 0.2) is 11.6 Å². The molecule has 0 aliphatic heterocycles. The Labute approximate surface area is 160 Å². The number of aryl methyl sites for hydroxylation is 1. The summed E-state index contributed by atoms with van der Waals surface area (Å²) in [6.07, 6.45) is 0. The van der Waals surface area contributed by atoms with Crippen LogP contribution in [-0.2, 0) is 24.5 Å². The van der Waals surface area contributed by atoms with Crippen LogP contribution in [0.15, 0.2) is 48.0 Å². The van der Waals surface area contributed by atoms with E-state index < -0.39 is 28.9 Å². The third-order valence-electron chi connectivity index (χ3n) is 5.33. The number of methoxy groups -OCH3 is 2. The Bertz CT molecular complexity index is 1110. The van der Waals surface area contributed by atoms with Gasteiger partial charge in [-0.05, 0) is 18.1 Å². The van der Waals surface area contributed by atoms with Gasteiger partial charge >= 0.3 is 11.9 Å². The van der Waals surface area contributed by atoms with Gasteiger partial charge in [0, 0.05) is 22.3 Å². The number of benzene rings is 2. The summed E-state index contributed by atoms with van der Waals surface area (Å²) in [5.74, 6) is -2.90. The van der Waals surface area contributed by atoms with Crippen molar-refractivity contribution in [2.45, 2.75) is 12.3 Å². The molecule has 2 aromatic carbocycles. The van der Waals surface area contributed by atoms with Crippen molar-refractivity contribution in [2.75, 3.05) is 14.2 Å². The van der Waals surface area contributed by atoms with Gasteiger partial charge in [-0.3, -0.25) is 19.2 Å². The highest BCUT2D eigenvalue weighted by molar-refractivity contribution is 6.46. The first-order valence-corrected chi connectivity index (χ1v) is 8.61. The van der Waals surface area contributed by atoms with Crippen LogP contribution in [-0.4, -0.2) is 37.7 Å². The van der Waals surface area contributed by atoms with Gasteiger partial charge in [0.2, 0.25) is 5.41 Å². The average Bonchev–Trinajstić information content (AvgIpc) is 3.02. The van der Waals surface area contributed by atoms with Crippen molar-refractivity contribution in [3.63, 3.8) is 0 Å². The van der Waals surface area contributed by atoms with Gasteiger partial charge in [-0.25, -0.2) is 0 Å². The maximum atomic E-state index is 13.4. The fraction of sp³-hybridized carbons (Fsp3) is 0.182. The number of ether oxygens (including phenoxy) is 2. The van der Waals surface area contributed by atoms with Crippen LogP contribution in [0.1, 0.15) is 37.4 Å². The van der Waals surface area contributed by atoms with E-state index in [9.17, 15) is 19.2 Å². The van der Waals surface area contributed by atoms with Gasteiger partial charge in [-0.1, -0.05) is 48.0 Å². The Morgan fingerprint density at radius 1 is 0.821 bits per heavy atom. The minimum absolute atomic E-state index is 0.0505. The maximum Gasteiger partial charge on any atom is 0.332 e. The van der Waals surface area contributed by atoms with Crippen LogP contribution in [0.5, 0.6) is 0 Å². The summed E-state index contributed by atoms with van der Waals surface area (Å²) < 4.78 is 9.88. The zero-order valence-electron chi connectivity index (χ0n) is 15.5. The van der Waals surface area contributed by atoms with E-state index in [2.05, 4.69) is 0 Å². The molecule has 0 N–H and O–H groups in total. The number of ketones is 2.